The Morgan fingerprint density at radius 2 is 1.87 bits per heavy atom. The Hall–Kier alpha value is -1.85. The van der Waals surface area contributed by atoms with Crippen molar-refractivity contribution in [1.29, 1.82) is 0 Å². The number of hydrogen-bond acceptors (Lipinski definition) is 5. The molecular formula is C17H22N2O4. The third-order valence-corrected chi connectivity index (χ3v) is 5.70. The number of anilines is 1. The molecule has 5 rings (SSSR count). The second-order valence-electron chi connectivity index (χ2n) is 7.64. The molecule has 1 amide bonds. The summed E-state index contributed by atoms with van der Waals surface area (Å²) in [5.41, 5.74) is -0.320. The number of amides is 1. The molecule has 0 aromatic carbocycles. The van der Waals surface area contributed by atoms with Crippen molar-refractivity contribution >= 4 is 17.7 Å². The SMILES string of the molecule is Cc1cc(NC(=O)COC(=O)C23CC4CC(CC(C4)C2)C3)no1. The summed E-state index contributed by atoms with van der Waals surface area (Å²) < 4.78 is 10.2. The van der Waals surface area contributed by atoms with Gasteiger partial charge in [-0.25, -0.2) is 0 Å². The number of aryl methyl sites for hydroxylation is 1. The van der Waals surface area contributed by atoms with Gasteiger partial charge < -0.3 is 14.6 Å². The zero-order valence-electron chi connectivity index (χ0n) is 13.3. The van der Waals surface area contributed by atoms with Crippen LogP contribution in [0.15, 0.2) is 10.6 Å². The third kappa shape index (κ3) is 2.75. The summed E-state index contributed by atoms with van der Waals surface area (Å²) in [6.07, 6.45) is 6.67. The van der Waals surface area contributed by atoms with Crippen molar-refractivity contribution in [1.82, 2.24) is 5.16 Å². The number of aromatic nitrogens is 1. The van der Waals surface area contributed by atoms with E-state index in [1.54, 1.807) is 13.0 Å². The summed E-state index contributed by atoms with van der Waals surface area (Å²) in [5, 5.41) is 6.26. The molecule has 6 heteroatoms. The highest BCUT2D eigenvalue weighted by Crippen LogP contribution is 2.60. The number of nitrogens with zero attached hydrogens (tertiary/aromatic N) is 1. The predicted octanol–water partition coefficient (Wildman–Crippen LogP) is 2.68. The second kappa shape index (κ2) is 5.35. The summed E-state index contributed by atoms with van der Waals surface area (Å²) in [6.45, 7) is 1.49. The van der Waals surface area contributed by atoms with E-state index >= 15 is 0 Å². The van der Waals surface area contributed by atoms with Gasteiger partial charge in [-0.2, -0.15) is 0 Å². The molecule has 124 valence electrons. The Labute approximate surface area is 134 Å². The highest BCUT2D eigenvalue weighted by Gasteiger charge is 2.55. The largest absolute Gasteiger partial charge is 0.455 e. The lowest BCUT2D eigenvalue weighted by molar-refractivity contribution is -0.172. The Morgan fingerprint density at radius 3 is 2.39 bits per heavy atom. The minimum absolute atomic E-state index is 0.178. The van der Waals surface area contributed by atoms with Crippen LogP contribution in [0.5, 0.6) is 0 Å². The van der Waals surface area contributed by atoms with Gasteiger partial charge in [-0.15, -0.1) is 0 Å². The van der Waals surface area contributed by atoms with E-state index < -0.39 is 0 Å². The molecule has 23 heavy (non-hydrogen) atoms. The van der Waals surface area contributed by atoms with Crippen molar-refractivity contribution in [2.24, 2.45) is 23.2 Å². The van der Waals surface area contributed by atoms with E-state index in [1.807, 2.05) is 0 Å². The molecule has 1 N–H and O–H groups in total. The normalized spacial score (nSPS) is 34.4. The summed E-state index contributed by atoms with van der Waals surface area (Å²) in [6, 6.07) is 1.62. The number of nitrogens with one attached hydrogen (secondary N) is 1. The van der Waals surface area contributed by atoms with Crippen LogP contribution in [0, 0.1) is 30.1 Å². The number of hydrogen-bond donors (Lipinski definition) is 1. The lowest BCUT2D eigenvalue weighted by atomic mass is 9.49. The van der Waals surface area contributed by atoms with Crippen LogP contribution in [0.3, 0.4) is 0 Å². The molecule has 4 saturated carbocycles. The topological polar surface area (TPSA) is 81.4 Å². The number of rotatable bonds is 4. The predicted molar refractivity (Wildman–Crippen MR) is 81.4 cm³/mol. The molecule has 1 heterocycles. The minimum atomic E-state index is -0.378. The van der Waals surface area contributed by atoms with Crippen molar-refractivity contribution in [2.75, 3.05) is 11.9 Å². The molecule has 0 atom stereocenters. The molecule has 4 aliphatic rings. The van der Waals surface area contributed by atoms with Gasteiger partial charge in [-0.1, -0.05) is 5.16 Å². The molecule has 1 aromatic rings. The maximum Gasteiger partial charge on any atom is 0.312 e. The van der Waals surface area contributed by atoms with Crippen molar-refractivity contribution in [3.8, 4) is 0 Å². The lowest BCUT2D eigenvalue weighted by Crippen LogP contribution is -2.50. The van der Waals surface area contributed by atoms with E-state index in [9.17, 15) is 9.59 Å². The van der Waals surface area contributed by atoms with Crippen LogP contribution in [-0.2, 0) is 14.3 Å². The number of carbonyl (C=O) groups excluding carboxylic acids is 2. The van der Waals surface area contributed by atoms with Crippen LogP contribution >= 0.6 is 0 Å². The molecule has 0 unspecified atom stereocenters. The van der Waals surface area contributed by atoms with Crippen LogP contribution in [0.25, 0.3) is 0 Å². The van der Waals surface area contributed by atoms with Crippen LogP contribution in [0.4, 0.5) is 5.82 Å². The van der Waals surface area contributed by atoms with Gasteiger partial charge in [0.1, 0.15) is 5.76 Å². The number of esters is 1. The van der Waals surface area contributed by atoms with Crippen molar-refractivity contribution in [3.05, 3.63) is 11.8 Å². The average molecular weight is 318 g/mol. The summed E-state index contributed by atoms with van der Waals surface area (Å²) in [7, 11) is 0. The van der Waals surface area contributed by atoms with E-state index in [0.29, 0.717) is 29.3 Å². The Kier molecular flexibility index (Phi) is 3.43. The Bertz CT molecular complexity index is 601. The van der Waals surface area contributed by atoms with Gasteiger partial charge in [0.2, 0.25) is 0 Å². The highest BCUT2D eigenvalue weighted by molar-refractivity contribution is 5.92. The summed E-state index contributed by atoms with van der Waals surface area (Å²) in [4.78, 5) is 24.5. The first-order valence-electron chi connectivity index (χ1n) is 8.43. The van der Waals surface area contributed by atoms with E-state index in [-0.39, 0.29) is 23.9 Å². The molecule has 6 nitrogen and oxygen atoms in total. The monoisotopic (exact) mass is 318 g/mol. The number of carbonyl (C=O) groups is 2. The van der Waals surface area contributed by atoms with Crippen LogP contribution in [0.2, 0.25) is 0 Å². The van der Waals surface area contributed by atoms with Crippen LogP contribution in [-0.4, -0.2) is 23.6 Å². The van der Waals surface area contributed by atoms with Gasteiger partial charge in [0.15, 0.2) is 12.4 Å². The van der Waals surface area contributed by atoms with Gasteiger partial charge in [0.25, 0.3) is 5.91 Å². The van der Waals surface area contributed by atoms with Crippen molar-refractivity contribution in [3.63, 3.8) is 0 Å². The van der Waals surface area contributed by atoms with Gasteiger partial charge >= 0.3 is 5.97 Å². The molecule has 0 aliphatic heterocycles. The Balaban J connectivity index is 1.34. The average Bonchev–Trinajstić information content (AvgIpc) is 2.88. The summed E-state index contributed by atoms with van der Waals surface area (Å²) >= 11 is 0. The van der Waals surface area contributed by atoms with E-state index in [0.717, 1.165) is 19.3 Å². The third-order valence-electron chi connectivity index (χ3n) is 5.70. The zero-order chi connectivity index (χ0) is 16.0. The summed E-state index contributed by atoms with van der Waals surface area (Å²) in [5.74, 6) is 2.45. The fraction of sp³-hybridized carbons (Fsp3) is 0.706. The first-order chi connectivity index (χ1) is 11.0. The molecule has 0 spiro atoms. The van der Waals surface area contributed by atoms with Gasteiger partial charge in [0.05, 0.1) is 5.41 Å². The zero-order valence-corrected chi connectivity index (χ0v) is 13.3. The molecule has 0 radical (unpaired) electrons. The molecular weight excluding hydrogens is 296 g/mol. The molecule has 1 aromatic heterocycles. The fourth-order valence-corrected chi connectivity index (χ4v) is 5.25. The lowest BCUT2D eigenvalue weighted by Gasteiger charge is -2.55. The van der Waals surface area contributed by atoms with Crippen molar-refractivity contribution in [2.45, 2.75) is 45.4 Å². The first kappa shape index (κ1) is 14.7. The number of ether oxygens (including phenoxy) is 1. The van der Waals surface area contributed by atoms with Gasteiger partial charge in [-0.3, -0.25) is 9.59 Å². The smallest absolute Gasteiger partial charge is 0.312 e. The highest BCUT2D eigenvalue weighted by atomic mass is 16.5. The molecule has 4 aliphatic carbocycles. The first-order valence-corrected chi connectivity index (χ1v) is 8.43. The molecule has 0 saturated heterocycles. The standard InChI is InChI=1S/C17H22N2O4/c1-10-2-14(19-23-10)18-15(20)9-22-16(21)17-6-11-3-12(7-17)5-13(4-11)8-17/h2,11-13H,3-9H2,1H3,(H,18,19,20). The minimum Gasteiger partial charge on any atom is -0.455 e. The van der Waals surface area contributed by atoms with Crippen molar-refractivity contribution < 1.29 is 18.8 Å². The van der Waals surface area contributed by atoms with Gasteiger partial charge in [-0.05, 0) is 63.2 Å². The van der Waals surface area contributed by atoms with Crippen LogP contribution in [0.1, 0.15) is 44.3 Å². The maximum atomic E-state index is 12.6. The Morgan fingerprint density at radius 1 is 1.26 bits per heavy atom. The van der Waals surface area contributed by atoms with E-state index in [4.69, 9.17) is 9.26 Å². The molecule has 4 bridgehead atoms. The fourth-order valence-electron chi connectivity index (χ4n) is 5.25. The van der Waals surface area contributed by atoms with E-state index in [1.165, 1.54) is 19.3 Å². The van der Waals surface area contributed by atoms with Gasteiger partial charge in [0, 0.05) is 6.07 Å². The van der Waals surface area contributed by atoms with E-state index in [2.05, 4.69) is 10.5 Å². The second-order valence-corrected chi connectivity index (χ2v) is 7.64. The van der Waals surface area contributed by atoms with Crippen LogP contribution < -0.4 is 5.32 Å². The molecule has 4 fully saturated rings. The quantitative estimate of drug-likeness (QED) is 0.863. The maximum absolute atomic E-state index is 12.6.